The maximum Gasteiger partial charge on any atom is 0.276 e. The zero-order chi connectivity index (χ0) is 13.7. The van der Waals surface area contributed by atoms with Crippen molar-refractivity contribution in [3.63, 3.8) is 0 Å². The molecule has 0 atom stereocenters. The zero-order valence-electron chi connectivity index (χ0n) is 10.1. The minimum Gasteiger partial charge on any atom is -0.416 e. The van der Waals surface area contributed by atoms with E-state index in [4.69, 9.17) is 10.2 Å². The number of halogens is 2. The Labute approximate surface area is 123 Å². The molecule has 102 valence electrons. The fourth-order valence-electron chi connectivity index (χ4n) is 1.43. The van der Waals surface area contributed by atoms with E-state index in [-0.39, 0.29) is 5.82 Å². The van der Waals surface area contributed by atoms with E-state index >= 15 is 0 Å². The zero-order valence-corrected chi connectivity index (χ0v) is 12.5. The van der Waals surface area contributed by atoms with Gasteiger partial charge < -0.3 is 10.2 Å². The van der Waals surface area contributed by atoms with Gasteiger partial charge in [0, 0.05) is 16.6 Å². The minimum atomic E-state index is -0.246. The van der Waals surface area contributed by atoms with Crippen LogP contribution in [0.4, 0.5) is 4.39 Å². The van der Waals surface area contributed by atoms with Gasteiger partial charge >= 0.3 is 0 Å². The van der Waals surface area contributed by atoms with E-state index in [1.807, 2.05) is 0 Å². The van der Waals surface area contributed by atoms with Gasteiger partial charge in [0.2, 0.25) is 5.89 Å². The van der Waals surface area contributed by atoms with Crippen molar-refractivity contribution in [3.8, 4) is 0 Å². The second kappa shape index (κ2) is 7.02. The van der Waals surface area contributed by atoms with E-state index in [0.29, 0.717) is 35.4 Å². The summed E-state index contributed by atoms with van der Waals surface area (Å²) >= 11 is 4.54. The van der Waals surface area contributed by atoms with Crippen LogP contribution in [-0.4, -0.2) is 16.7 Å². The fourth-order valence-corrected chi connectivity index (χ4v) is 2.53. The molecule has 0 fully saturated rings. The van der Waals surface area contributed by atoms with Crippen molar-refractivity contribution in [2.24, 2.45) is 5.73 Å². The first-order valence-electron chi connectivity index (χ1n) is 5.78. The van der Waals surface area contributed by atoms with E-state index in [2.05, 4.69) is 26.1 Å². The smallest absolute Gasteiger partial charge is 0.276 e. The van der Waals surface area contributed by atoms with E-state index in [1.54, 1.807) is 12.1 Å². The van der Waals surface area contributed by atoms with Crippen molar-refractivity contribution in [2.45, 2.75) is 23.8 Å². The Kier molecular flexibility index (Phi) is 5.35. The van der Waals surface area contributed by atoms with Crippen LogP contribution in [0.5, 0.6) is 0 Å². The second-order valence-corrected chi connectivity index (χ2v) is 5.72. The van der Waals surface area contributed by atoms with Gasteiger partial charge in [-0.15, -0.1) is 10.2 Å². The van der Waals surface area contributed by atoms with Crippen LogP contribution in [0.3, 0.4) is 0 Å². The van der Waals surface area contributed by atoms with Crippen molar-refractivity contribution in [3.05, 3.63) is 39.9 Å². The number of hydrogen-bond donors (Lipinski definition) is 1. The first kappa shape index (κ1) is 14.5. The molecule has 19 heavy (non-hydrogen) atoms. The van der Waals surface area contributed by atoms with E-state index in [0.717, 1.165) is 10.9 Å². The van der Waals surface area contributed by atoms with Crippen molar-refractivity contribution in [1.82, 2.24) is 10.2 Å². The van der Waals surface area contributed by atoms with E-state index < -0.39 is 0 Å². The number of aryl methyl sites for hydroxylation is 1. The summed E-state index contributed by atoms with van der Waals surface area (Å²) in [7, 11) is 0. The fraction of sp³-hybridized carbons (Fsp3) is 0.333. The average Bonchev–Trinajstić information content (AvgIpc) is 2.83. The molecule has 0 aliphatic rings. The Morgan fingerprint density at radius 1 is 1.37 bits per heavy atom. The first-order chi connectivity index (χ1) is 9.19. The van der Waals surface area contributed by atoms with Gasteiger partial charge in [-0.25, -0.2) is 4.39 Å². The molecule has 7 heteroatoms. The molecule has 0 unspecified atom stereocenters. The van der Waals surface area contributed by atoms with Crippen molar-refractivity contribution >= 4 is 27.7 Å². The lowest BCUT2D eigenvalue weighted by molar-refractivity contribution is 0.410. The molecule has 2 aromatic rings. The summed E-state index contributed by atoms with van der Waals surface area (Å²) in [5.41, 5.74) is 6.01. The van der Waals surface area contributed by atoms with E-state index in [9.17, 15) is 4.39 Å². The topological polar surface area (TPSA) is 64.9 Å². The van der Waals surface area contributed by atoms with Gasteiger partial charge in [-0.05, 0) is 30.7 Å². The lowest BCUT2D eigenvalue weighted by Gasteiger charge is -2.01. The van der Waals surface area contributed by atoms with Gasteiger partial charge in [0.1, 0.15) is 5.82 Å². The van der Waals surface area contributed by atoms with Gasteiger partial charge in [-0.3, -0.25) is 0 Å². The Hall–Kier alpha value is -0.920. The maximum absolute atomic E-state index is 13.6. The van der Waals surface area contributed by atoms with Crippen molar-refractivity contribution < 1.29 is 8.81 Å². The second-order valence-electron chi connectivity index (χ2n) is 3.88. The normalized spacial score (nSPS) is 10.9. The number of nitrogens with two attached hydrogens (primary N) is 1. The first-order valence-corrected chi connectivity index (χ1v) is 7.56. The number of thioether (sulfide) groups is 1. The Bertz CT molecular complexity index is 550. The molecule has 2 N–H and O–H groups in total. The van der Waals surface area contributed by atoms with Gasteiger partial charge in [-0.2, -0.15) is 0 Å². The Balaban J connectivity index is 1.92. The highest BCUT2D eigenvalue weighted by Gasteiger charge is 2.09. The Morgan fingerprint density at radius 2 is 2.21 bits per heavy atom. The maximum atomic E-state index is 13.6. The number of rotatable bonds is 6. The largest absolute Gasteiger partial charge is 0.416 e. The van der Waals surface area contributed by atoms with Crippen LogP contribution in [0.1, 0.15) is 17.9 Å². The summed E-state index contributed by atoms with van der Waals surface area (Å²) < 4.78 is 19.7. The van der Waals surface area contributed by atoms with Crippen LogP contribution in [0, 0.1) is 5.82 Å². The third-order valence-corrected chi connectivity index (χ3v) is 3.77. The minimum absolute atomic E-state index is 0.246. The number of hydrogen-bond acceptors (Lipinski definition) is 5. The van der Waals surface area contributed by atoms with Crippen molar-refractivity contribution in [2.75, 3.05) is 6.54 Å². The highest BCUT2D eigenvalue weighted by molar-refractivity contribution is 9.10. The summed E-state index contributed by atoms with van der Waals surface area (Å²) in [6, 6.07) is 4.98. The molecular weight excluding hydrogens is 333 g/mol. The molecule has 4 nitrogen and oxygen atoms in total. The quantitative estimate of drug-likeness (QED) is 0.814. The molecule has 0 bridgehead atoms. The lowest BCUT2D eigenvalue weighted by Crippen LogP contribution is -2.00. The molecule has 0 spiro atoms. The number of benzene rings is 1. The van der Waals surface area contributed by atoms with E-state index in [1.165, 1.54) is 17.8 Å². The summed E-state index contributed by atoms with van der Waals surface area (Å²) in [5.74, 6) is 0.784. The van der Waals surface area contributed by atoms with Crippen LogP contribution < -0.4 is 5.73 Å². The predicted molar refractivity (Wildman–Crippen MR) is 75.3 cm³/mol. The summed E-state index contributed by atoms with van der Waals surface area (Å²) in [4.78, 5) is 0. The Morgan fingerprint density at radius 3 is 2.95 bits per heavy atom. The standard InChI is InChI=1S/C12H13BrFN3OS/c13-9-4-3-8(10(14)6-9)7-19-12-17-16-11(18-12)2-1-5-15/h3-4,6H,1-2,5,7,15H2. The summed E-state index contributed by atoms with van der Waals surface area (Å²) in [6.45, 7) is 0.592. The molecule has 0 amide bonds. The monoisotopic (exact) mass is 345 g/mol. The molecule has 1 aromatic carbocycles. The molecule has 0 saturated heterocycles. The molecule has 0 radical (unpaired) electrons. The number of nitrogens with zero attached hydrogens (tertiary/aromatic N) is 2. The van der Waals surface area contributed by atoms with Gasteiger partial charge in [0.15, 0.2) is 0 Å². The molecule has 1 aromatic heterocycles. The third-order valence-electron chi connectivity index (χ3n) is 2.41. The molecule has 2 rings (SSSR count). The van der Waals surface area contributed by atoms with Crippen molar-refractivity contribution in [1.29, 1.82) is 0 Å². The molecular formula is C12H13BrFN3OS. The molecule has 0 saturated carbocycles. The van der Waals surface area contributed by atoms with Gasteiger partial charge in [0.05, 0.1) is 0 Å². The summed E-state index contributed by atoms with van der Waals surface area (Å²) in [6.07, 6.45) is 1.49. The average molecular weight is 346 g/mol. The predicted octanol–water partition coefficient (Wildman–Crippen LogP) is 3.15. The van der Waals surface area contributed by atoms with Crippen LogP contribution in [0.25, 0.3) is 0 Å². The van der Waals surface area contributed by atoms with Crippen LogP contribution in [0.2, 0.25) is 0 Å². The lowest BCUT2D eigenvalue weighted by atomic mass is 10.2. The third kappa shape index (κ3) is 4.29. The highest BCUT2D eigenvalue weighted by Crippen LogP contribution is 2.24. The summed E-state index contributed by atoms with van der Waals surface area (Å²) in [5, 5.41) is 8.27. The molecule has 1 heterocycles. The molecule has 0 aliphatic heterocycles. The molecule has 0 aliphatic carbocycles. The van der Waals surface area contributed by atoms with Crippen LogP contribution >= 0.6 is 27.7 Å². The van der Waals surface area contributed by atoms with Gasteiger partial charge in [-0.1, -0.05) is 33.8 Å². The highest BCUT2D eigenvalue weighted by atomic mass is 79.9. The van der Waals surface area contributed by atoms with Gasteiger partial charge in [0.25, 0.3) is 5.22 Å². The number of aromatic nitrogens is 2. The SMILES string of the molecule is NCCCc1nnc(SCc2ccc(Br)cc2F)o1. The van der Waals surface area contributed by atoms with Crippen LogP contribution in [0.15, 0.2) is 32.3 Å². The van der Waals surface area contributed by atoms with Crippen LogP contribution in [-0.2, 0) is 12.2 Å².